The van der Waals surface area contributed by atoms with Crippen LogP contribution < -0.4 is 0 Å². The van der Waals surface area contributed by atoms with E-state index in [2.05, 4.69) is 40.5 Å². The molecule has 4 heteroatoms. The number of hydrogen-bond acceptors (Lipinski definition) is 3. The van der Waals surface area contributed by atoms with Gasteiger partial charge in [0.25, 0.3) is 0 Å². The van der Waals surface area contributed by atoms with Crippen LogP contribution in [0.5, 0.6) is 0 Å². The van der Waals surface area contributed by atoms with Crippen molar-refractivity contribution in [3.05, 3.63) is 12.8 Å². The van der Waals surface area contributed by atoms with Gasteiger partial charge in [-0.1, -0.05) is 20.8 Å². The molecule has 0 aliphatic heterocycles. The van der Waals surface area contributed by atoms with E-state index in [0.29, 0.717) is 0 Å². The summed E-state index contributed by atoms with van der Waals surface area (Å²) in [5.41, 5.74) is 0. The van der Waals surface area contributed by atoms with E-state index in [0.717, 1.165) is 6.42 Å². The van der Waals surface area contributed by atoms with E-state index >= 15 is 0 Å². The molecular formula is C12H28O3V-2. The predicted octanol–water partition coefficient (Wildman–Crippen LogP) is 3.78. The Kier molecular flexibility index (Phi) is 56.9. The second-order valence-corrected chi connectivity index (χ2v) is 3.20. The second-order valence-electron chi connectivity index (χ2n) is 2.96. The fourth-order valence-corrected chi connectivity index (χ4v) is 0. The van der Waals surface area contributed by atoms with Crippen molar-refractivity contribution in [3.8, 4) is 0 Å². The average Bonchev–Trinajstić information content (AvgIpc) is 2.30. The summed E-state index contributed by atoms with van der Waals surface area (Å²) in [6.45, 7) is 12.1. The Morgan fingerprint density at radius 3 is 1.19 bits per heavy atom. The first-order valence-electron chi connectivity index (χ1n) is 5.70. The maximum atomic E-state index is 8.47. The van der Waals surface area contributed by atoms with E-state index in [1.807, 2.05) is 6.92 Å². The first kappa shape index (κ1) is 25.1. The third kappa shape index (κ3) is 142. The Balaban J connectivity index is -0.0000000610. The van der Waals surface area contributed by atoms with Crippen molar-refractivity contribution in [2.75, 3.05) is 0 Å². The minimum atomic E-state index is -1.81. The molecule has 0 heterocycles. The number of unbranched alkanes of at least 4 members (excludes halogenated alkanes) is 2. The summed E-state index contributed by atoms with van der Waals surface area (Å²) >= 11 is -1.81. The van der Waals surface area contributed by atoms with Gasteiger partial charge in [0, 0.05) is 0 Å². The van der Waals surface area contributed by atoms with Gasteiger partial charge in [0.2, 0.25) is 0 Å². The molecule has 16 heavy (non-hydrogen) atoms. The molecule has 1 unspecified atom stereocenters. The van der Waals surface area contributed by atoms with Gasteiger partial charge in [-0.25, -0.2) is 0 Å². The third-order valence-electron chi connectivity index (χ3n) is 1.41. The minimum absolute atomic E-state index is 0.116. The van der Waals surface area contributed by atoms with E-state index in [1.54, 1.807) is 6.92 Å². The van der Waals surface area contributed by atoms with Crippen molar-refractivity contribution in [2.24, 2.45) is 0 Å². The van der Waals surface area contributed by atoms with Crippen LogP contribution in [-0.2, 0) is 23.5 Å². The Hall–Kier alpha value is 0.144. The van der Waals surface area contributed by atoms with Gasteiger partial charge in [0.1, 0.15) is 0 Å². The van der Waals surface area contributed by atoms with Gasteiger partial charge in [-0.2, -0.15) is 26.7 Å². The van der Waals surface area contributed by atoms with Crippen LogP contribution in [0.2, 0.25) is 0 Å². The Morgan fingerprint density at radius 2 is 1.19 bits per heavy atom. The number of aliphatic hydroxyl groups excluding tert-OH is 1. The normalized spacial score (nSPS) is 8.94. The van der Waals surface area contributed by atoms with Crippen LogP contribution in [0, 0.1) is 12.8 Å². The summed E-state index contributed by atoms with van der Waals surface area (Å²) in [5.74, 6) is 0. The van der Waals surface area contributed by atoms with Crippen LogP contribution in [0.15, 0.2) is 0 Å². The maximum absolute atomic E-state index is 8.47. The molecular weight excluding hydrogens is 243 g/mol. The Morgan fingerprint density at radius 1 is 1.06 bits per heavy atom. The standard InChI is InChI=1S/C4H10O.2C4H9.2O.V/c1-3-4(2)5;2*1-3-4-2;;;/h4-5H,3H2,1-2H3;2*3H,4H2,1-2H3;;;/q;2*-1;;;. The molecule has 0 bridgehead atoms. The van der Waals surface area contributed by atoms with E-state index in [9.17, 15) is 0 Å². The Bertz CT molecular complexity index is 103. The van der Waals surface area contributed by atoms with Gasteiger partial charge in [0.15, 0.2) is 0 Å². The molecule has 1 atom stereocenters. The fourth-order valence-electron chi connectivity index (χ4n) is 0. The fraction of sp³-hybridized carbons (Fsp3) is 0.833. The topological polar surface area (TPSA) is 54.4 Å². The first-order chi connectivity index (χ1) is 7.51. The molecule has 0 saturated carbocycles. The van der Waals surface area contributed by atoms with Crippen LogP contribution in [-0.4, -0.2) is 11.2 Å². The molecule has 0 aromatic rings. The van der Waals surface area contributed by atoms with Crippen LogP contribution in [0.4, 0.5) is 0 Å². The summed E-state index contributed by atoms with van der Waals surface area (Å²) in [5, 5.41) is 8.36. The van der Waals surface area contributed by atoms with Gasteiger partial charge in [-0.3, -0.25) is 0 Å². The molecule has 0 saturated heterocycles. The second kappa shape index (κ2) is 36.2. The van der Waals surface area contributed by atoms with Crippen molar-refractivity contribution < 1.29 is 28.6 Å². The van der Waals surface area contributed by atoms with Gasteiger partial charge in [0.05, 0.1) is 6.10 Å². The molecule has 0 radical (unpaired) electrons. The van der Waals surface area contributed by atoms with E-state index in [4.69, 9.17) is 12.5 Å². The molecule has 0 rings (SSSR count). The summed E-state index contributed by atoms with van der Waals surface area (Å²) in [4.78, 5) is 0. The molecule has 0 aromatic heterocycles. The zero-order chi connectivity index (χ0) is 13.8. The van der Waals surface area contributed by atoms with Crippen LogP contribution in [0.3, 0.4) is 0 Å². The van der Waals surface area contributed by atoms with Crippen molar-refractivity contribution in [3.63, 3.8) is 0 Å². The zero-order valence-electron chi connectivity index (χ0n) is 11.6. The monoisotopic (exact) mass is 271 g/mol. The summed E-state index contributed by atoms with van der Waals surface area (Å²) in [7, 11) is 0. The number of aliphatic hydroxyl groups is 1. The van der Waals surface area contributed by atoms with Crippen LogP contribution in [0.1, 0.15) is 60.8 Å². The van der Waals surface area contributed by atoms with Crippen LogP contribution >= 0.6 is 0 Å². The van der Waals surface area contributed by atoms with Gasteiger partial charge < -0.3 is 17.9 Å². The molecule has 3 nitrogen and oxygen atoms in total. The predicted molar refractivity (Wildman–Crippen MR) is 63.9 cm³/mol. The molecule has 101 valence electrons. The summed E-state index contributed by atoms with van der Waals surface area (Å²) < 4.78 is 16.9. The third-order valence-corrected chi connectivity index (χ3v) is 1.41. The van der Waals surface area contributed by atoms with Crippen molar-refractivity contribution >= 4 is 0 Å². The molecule has 0 aromatic carbocycles. The average molecular weight is 271 g/mol. The molecule has 1 N–H and O–H groups in total. The first-order valence-corrected chi connectivity index (χ1v) is 6.84. The molecule has 0 spiro atoms. The molecule has 0 fully saturated rings. The van der Waals surface area contributed by atoms with Gasteiger partial charge in [-0.15, -0.1) is 0 Å². The Labute approximate surface area is 109 Å². The zero-order valence-corrected chi connectivity index (χ0v) is 13.0. The summed E-state index contributed by atoms with van der Waals surface area (Å²) in [6.07, 6.45) is 7.38. The van der Waals surface area contributed by atoms with Crippen molar-refractivity contribution in [2.45, 2.75) is 66.9 Å². The molecule has 0 amide bonds. The number of rotatable bonds is 3. The van der Waals surface area contributed by atoms with E-state index in [-0.39, 0.29) is 6.10 Å². The number of hydrogen-bond donors (Lipinski definition) is 1. The van der Waals surface area contributed by atoms with Crippen molar-refractivity contribution in [1.29, 1.82) is 0 Å². The van der Waals surface area contributed by atoms with Crippen LogP contribution in [0.25, 0.3) is 0 Å². The van der Waals surface area contributed by atoms with E-state index in [1.165, 1.54) is 12.8 Å². The molecule has 0 aliphatic carbocycles. The molecule has 0 aliphatic rings. The quantitative estimate of drug-likeness (QED) is 0.795. The SMILES string of the molecule is CCC(C)O.C[CH-]CC.C[CH-]CC.[O]=[V]=[O]. The van der Waals surface area contributed by atoms with Crippen molar-refractivity contribution in [1.82, 2.24) is 0 Å². The van der Waals surface area contributed by atoms with Gasteiger partial charge in [-0.05, 0) is 13.3 Å². The van der Waals surface area contributed by atoms with E-state index < -0.39 is 16.2 Å². The summed E-state index contributed by atoms with van der Waals surface area (Å²) in [6, 6.07) is 0. The van der Waals surface area contributed by atoms with Gasteiger partial charge >= 0.3 is 23.5 Å².